The first-order chi connectivity index (χ1) is 20.9. The summed E-state index contributed by atoms with van der Waals surface area (Å²) in [6.07, 6.45) is 34.3. The van der Waals surface area contributed by atoms with Crippen molar-refractivity contribution in [2.75, 3.05) is 33.0 Å². The normalized spacial score (nSPS) is 14.0. The zero-order chi connectivity index (χ0) is 31.7. The van der Waals surface area contributed by atoms with E-state index >= 15 is 0 Å². The maximum atomic E-state index is 11.8. The van der Waals surface area contributed by atoms with Gasteiger partial charge in [0.2, 0.25) is 0 Å². The van der Waals surface area contributed by atoms with Crippen LogP contribution < -0.4 is 5.73 Å². The topological polar surface area (TPSA) is 117 Å². The number of rotatable bonds is 33. The first kappa shape index (κ1) is 42.0. The molecule has 0 aromatic carbocycles. The van der Waals surface area contributed by atoms with E-state index in [4.69, 9.17) is 24.3 Å². The number of hydrogen-bond donors (Lipinski definition) is 2. The van der Waals surface area contributed by atoms with E-state index in [2.05, 4.69) is 31.2 Å². The van der Waals surface area contributed by atoms with E-state index < -0.39 is 19.9 Å². The largest absolute Gasteiger partial charge is 0.472 e. The van der Waals surface area contributed by atoms with Crippen LogP contribution in [0.4, 0.5) is 0 Å². The standard InChI is InChI=1S/C34H66NO7P/c1-3-5-6-7-8-9-10-11-12-13-14-15-16-17-18-19-20-21-22-23-24-25-26-27-29-39-31-33(42-34(36)4-2)32-41-43(37,38)40-30-28-35/h10-11,13-14,33H,3-9,12,15-32,35H2,1-2H3,(H,37,38)/b11-10-,14-13-. The lowest BCUT2D eigenvalue weighted by molar-refractivity contribution is -0.154. The summed E-state index contributed by atoms with van der Waals surface area (Å²) in [7, 11) is -4.23. The number of carbonyl (C=O) groups excluding carboxylic acids is 1. The van der Waals surface area contributed by atoms with Crippen molar-refractivity contribution < 1.29 is 32.8 Å². The van der Waals surface area contributed by atoms with Gasteiger partial charge in [-0.3, -0.25) is 13.8 Å². The van der Waals surface area contributed by atoms with Crippen molar-refractivity contribution in [3.05, 3.63) is 24.3 Å². The maximum Gasteiger partial charge on any atom is 0.472 e. The van der Waals surface area contributed by atoms with Crippen LogP contribution in [0.3, 0.4) is 0 Å². The Morgan fingerprint density at radius 1 is 0.698 bits per heavy atom. The van der Waals surface area contributed by atoms with Crippen LogP contribution in [0.5, 0.6) is 0 Å². The number of carbonyl (C=O) groups is 1. The Balaban J connectivity index is 3.56. The van der Waals surface area contributed by atoms with Crippen molar-refractivity contribution in [2.24, 2.45) is 5.73 Å². The molecule has 3 N–H and O–H groups in total. The molecule has 0 aliphatic heterocycles. The Morgan fingerprint density at radius 2 is 1.21 bits per heavy atom. The highest BCUT2D eigenvalue weighted by Crippen LogP contribution is 2.43. The molecular weight excluding hydrogens is 565 g/mol. The van der Waals surface area contributed by atoms with Crippen molar-refractivity contribution in [1.82, 2.24) is 0 Å². The molecular formula is C34H66NO7P. The number of unbranched alkanes of at least 4 members (excludes halogenated alkanes) is 17. The fraction of sp³-hybridized carbons (Fsp3) is 0.853. The first-order valence-electron chi connectivity index (χ1n) is 17.3. The third-order valence-electron chi connectivity index (χ3n) is 7.18. The molecule has 9 heteroatoms. The second-order valence-electron chi connectivity index (χ2n) is 11.3. The second-order valence-corrected chi connectivity index (χ2v) is 12.8. The van der Waals surface area contributed by atoms with Gasteiger partial charge in [0.05, 0.1) is 19.8 Å². The number of phosphoric ester groups is 1. The number of esters is 1. The van der Waals surface area contributed by atoms with Gasteiger partial charge < -0.3 is 20.1 Å². The molecule has 0 radical (unpaired) electrons. The van der Waals surface area contributed by atoms with Gasteiger partial charge in [0.25, 0.3) is 0 Å². The van der Waals surface area contributed by atoms with Crippen LogP contribution in [0.1, 0.15) is 149 Å². The predicted octanol–water partition coefficient (Wildman–Crippen LogP) is 9.35. The molecule has 0 saturated carbocycles. The van der Waals surface area contributed by atoms with Crippen LogP contribution in [-0.4, -0.2) is 49.9 Å². The maximum absolute atomic E-state index is 11.8. The molecule has 0 heterocycles. The molecule has 43 heavy (non-hydrogen) atoms. The fourth-order valence-electron chi connectivity index (χ4n) is 4.59. The van der Waals surface area contributed by atoms with Gasteiger partial charge in [-0.15, -0.1) is 0 Å². The van der Waals surface area contributed by atoms with Crippen molar-refractivity contribution >= 4 is 13.8 Å². The third kappa shape index (κ3) is 32.2. The minimum atomic E-state index is -4.23. The molecule has 2 atom stereocenters. The van der Waals surface area contributed by atoms with E-state index in [9.17, 15) is 14.3 Å². The van der Waals surface area contributed by atoms with Crippen LogP contribution >= 0.6 is 7.82 Å². The monoisotopic (exact) mass is 631 g/mol. The van der Waals surface area contributed by atoms with E-state index in [0.29, 0.717) is 6.61 Å². The van der Waals surface area contributed by atoms with Crippen molar-refractivity contribution in [2.45, 2.75) is 155 Å². The van der Waals surface area contributed by atoms with Gasteiger partial charge in [-0.2, -0.15) is 0 Å². The average molecular weight is 632 g/mol. The Labute approximate surface area is 264 Å². The number of phosphoric acid groups is 1. The molecule has 0 aliphatic rings. The van der Waals surface area contributed by atoms with E-state index in [1.165, 1.54) is 109 Å². The number of ether oxygens (including phenoxy) is 2. The highest BCUT2D eigenvalue weighted by molar-refractivity contribution is 7.47. The molecule has 8 nitrogen and oxygen atoms in total. The molecule has 0 aromatic heterocycles. The van der Waals surface area contributed by atoms with Crippen LogP contribution in [0.15, 0.2) is 24.3 Å². The van der Waals surface area contributed by atoms with Gasteiger partial charge in [0.1, 0.15) is 6.10 Å². The molecule has 2 unspecified atom stereocenters. The molecule has 254 valence electrons. The highest BCUT2D eigenvalue weighted by Gasteiger charge is 2.24. The lowest BCUT2D eigenvalue weighted by Crippen LogP contribution is -2.28. The van der Waals surface area contributed by atoms with Crippen LogP contribution in [0.2, 0.25) is 0 Å². The van der Waals surface area contributed by atoms with E-state index in [1.54, 1.807) is 6.92 Å². The predicted molar refractivity (Wildman–Crippen MR) is 178 cm³/mol. The molecule has 0 saturated heterocycles. The average Bonchev–Trinajstić information content (AvgIpc) is 3.00. The number of allylic oxidation sites excluding steroid dienone is 4. The Hall–Kier alpha value is -1.02. The summed E-state index contributed by atoms with van der Waals surface area (Å²) in [4.78, 5) is 21.3. The molecule has 0 aromatic rings. The SMILES string of the molecule is CCCCCCC/C=C\C/C=C\CCCCCCCCCCCCCCOCC(COP(=O)(O)OCCN)OC(=O)CC. The molecule has 0 spiro atoms. The van der Waals surface area contributed by atoms with Crippen molar-refractivity contribution in [3.8, 4) is 0 Å². The van der Waals surface area contributed by atoms with E-state index in [0.717, 1.165) is 19.3 Å². The van der Waals surface area contributed by atoms with Crippen LogP contribution in [0, 0.1) is 0 Å². The Bertz CT molecular complexity index is 717. The smallest absolute Gasteiger partial charge is 0.457 e. The summed E-state index contributed by atoms with van der Waals surface area (Å²) in [5.41, 5.74) is 5.27. The Morgan fingerprint density at radius 3 is 1.72 bits per heavy atom. The second kappa shape index (κ2) is 32.4. The number of hydrogen-bond acceptors (Lipinski definition) is 7. The molecule has 0 rings (SSSR count). The number of nitrogens with two attached hydrogens (primary N) is 1. The summed E-state index contributed by atoms with van der Waals surface area (Å²) < 4.78 is 32.3. The summed E-state index contributed by atoms with van der Waals surface area (Å²) in [6.45, 7) is 4.33. The summed E-state index contributed by atoms with van der Waals surface area (Å²) in [6, 6.07) is 0. The van der Waals surface area contributed by atoms with Gasteiger partial charge in [0, 0.05) is 19.6 Å². The molecule has 0 aliphatic carbocycles. The first-order valence-corrected chi connectivity index (χ1v) is 18.8. The van der Waals surface area contributed by atoms with Gasteiger partial charge >= 0.3 is 13.8 Å². The van der Waals surface area contributed by atoms with E-state index in [-0.39, 0.29) is 32.8 Å². The molecule has 0 bridgehead atoms. The quantitative estimate of drug-likeness (QED) is 0.0318. The van der Waals surface area contributed by atoms with Crippen LogP contribution in [0.25, 0.3) is 0 Å². The summed E-state index contributed by atoms with van der Waals surface area (Å²) >= 11 is 0. The minimum Gasteiger partial charge on any atom is -0.457 e. The van der Waals surface area contributed by atoms with Gasteiger partial charge in [-0.25, -0.2) is 4.57 Å². The van der Waals surface area contributed by atoms with E-state index in [1.807, 2.05) is 0 Å². The zero-order valence-corrected chi connectivity index (χ0v) is 28.6. The minimum absolute atomic E-state index is 0.0972. The molecule has 0 amide bonds. The fourth-order valence-corrected chi connectivity index (χ4v) is 5.35. The lowest BCUT2D eigenvalue weighted by Gasteiger charge is -2.19. The lowest BCUT2D eigenvalue weighted by atomic mass is 10.0. The van der Waals surface area contributed by atoms with Crippen LogP contribution in [-0.2, 0) is 27.9 Å². The molecule has 0 fully saturated rings. The summed E-state index contributed by atoms with van der Waals surface area (Å²) in [5, 5.41) is 0. The van der Waals surface area contributed by atoms with Gasteiger partial charge in [-0.05, 0) is 38.5 Å². The zero-order valence-electron chi connectivity index (χ0n) is 27.7. The van der Waals surface area contributed by atoms with Crippen molar-refractivity contribution in [3.63, 3.8) is 0 Å². The van der Waals surface area contributed by atoms with Crippen molar-refractivity contribution in [1.29, 1.82) is 0 Å². The summed E-state index contributed by atoms with van der Waals surface area (Å²) in [5.74, 6) is -0.418. The van der Waals surface area contributed by atoms with Gasteiger partial charge in [0.15, 0.2) is 0 Å². The third-order valence-corrected chi connectivity index (χ3v) is 8.16. The highest BCUT2D eigenvalue weighted by atomic mass is 31.2. The Kier molecular flexibility index (Phi) is 31.6. The van der Waals surface area contributed by atoms with Gasteiger partial charge in [-0.1, -0.05) is 128 Å².